The second kappa shape index (κ2) is 9.24. The largest absolute Gasteiger partial charge is 0.361 e. The first-order valence-corrected chi connectivity index (χ1v) is 12.1. The zero-order valence-corrected chi connectivity index (χ0v) is 20.5. The van der Waals surface area contributed by atoms with Crippen molar-refractivity contribution < 1.29 is 4.79 Å². The van der Waals surface area contributed by atoms with Crippen LogP contribution in [-0.4, -0.2) is 20.9 Å². The van der Waals surface area contributed by atoms with E-state index in [9.17, 15) is 4.79 Å². The highest BCUT2D eigenvalue weighted by molar-refractivity contribution is 6.05. The van der Waals surface area contributed by atoms with Gasteiger partial charge in [-0.2, -0.15) is 0 Å². The molecule has 0 spiro atoms. The van der Waals surface area contributed by atoms with Gasteiger partial charge in [0.15, 0.2) is 0 Å². The third-order valence-corrected chi connectivity index (χ3v) is 6.55. The van der Waals surface area contributed by atoms with Gasteiger partial charge in [-0.1, -0.05) is 42.5 Å². The van der Waals surface area contributed by atoms with E-state index in [1.807, 2.05) is 74.6 Å². The van der Waals surface area contributed by atoms with Crippen molar-refractivity contribution in [2.45, 2.75) is 13.8 Å². The second-order valence-electron chi connectivity index (χ2n) is 9.12. The zero-order chi connectivity index (χ0) is 25.4. The maximum atomic E-state index is 12.9. The number of para-hydroxylation sites is 2. The maximum absolute atomic E-state index is 12.9. The number of hydrogen-bond acceptors (Lipinski definition) is 4. The van der Waals surface area contributed by atoms with Crippen LogP contribution in [0.1, 0.15) is 21.5 Å². The predicted octanol–water partition coefficient (Wildman–Crippen LogP) is 7.39. The first kappa shape index (κ1) is 22.5. The van der Waals surface area contributed by atoms with Crippen molar-refractivity contribution in [2.24, 2.45) is 0 Å². The Balaban J connectivity index is 1.29. The van der Waals surface area contributed by atoms with Crippen LogP contribution in [0.25, 0.3) is 33.1 Å². The molecule has 6 nitrogen and oxygen atoms in total. The Morgan fingerprint density at radius 2 is 1.59 bits per heavy atom. The average Bonchev–Trinajstić information content (AvgIpc) is 3.39. The normalized spacial score (nSPS) is 11.1. The van der Waals surface area contributed by atoms with E-state index in [1.54, 1.807) is 12.1 Å². The number of carbonyl (C=O) groups is 1. The van der Waals surface area contributed by atoms with Crippen molar-refractivity contribution >= 4 is 45.0 Å². The van der Waals surface area contributed by atoms with Crippen molar-refractivity contribution in [1.82, 2.24) is 15.0 Å². The Bertz CT molecular complexity index is 1750. The summed E-state index contributed by atoms with van der Waals surface area (Å²) in [5.41, 5.74) is 8.12. The van der Waals surface area contributed by atoms with E-state index in [2.05, 4.69) is 39.9 Å². The van der Waals surface area contributed by atoms with Crippen LogP contribution in [-0.2, 0) is 0 Å². The Hall–Kier alpha value is -4.97. The molecule has 2 heterocycles. The summed E-state index contributed by atoms with van der Waals surface area (Å²) in [6, 6.07) is 29.6. The zero-order valence-electron chi connectivity index (χ0n) is 20.5. The fraction of sp³-hybridized carbons (Fsp3) is 0.0645. The van der Waals surface area contributed by atoms with E-state index in [0.717, 1.165) is 55.6 Å². The van der Waals surface area contributed by atoms with Gasteiger partial charge in [0.05, 0.1) is 11.2 Å². The van der Waals surface area contributed by atoms with Gasteiger partial charge in [0, 0.05) is 45.0 Å². The van der Waals surface area contributed by atoms with Gasteiger partial charge in [0.1, 0.15) is 0 Å². The minimum Gasteiger partial charge on any atom is -0.361 e. The van der Waals surface area contributed by atoms with Crippen LogP contribution in [0.2, 0.25) is 0 Å². The molecule has 6 rings (SSSR count). The lowest BCUT2D eigenvalue weighted by molar-refractivity contribution is 0.102. The third kappa shape index (κ3) is 4.41. The van der Waals surface area contributed by atoms with Crippen LogP contribution < -0.4 is 10.6 Å². The lowest BCUT2D eigenvalue weighted by Gasteiger charge is -2.12. The molecule has 37 heavy (non-hydrogen) atoms. The summed E-state index contributed by atoms with van der Waals surface area (Å²) >= 11 is 0. The van der Waals surface area contributed by atoms with Crippen LogP contribution in [0, 0.1) is 13.8 Å². The number of carbonyl (C=O) groups excluding carboxylic acids is 1. The lowest BCUT2D eigenvalue weighted by Crippen LogP contribution is -2.13. The van der Waals surface area contributed by atoms with Crippen molar-refractivity contribution in [3.05, 3.63) is 114 Å². The molecule has 180 valence electrons. The molecule has 0 aliphatic heterocycles. The summed E-state index contributed by atoms with van der Waals surface area (Å²) in [7, 11) is 0. The highest BCUT2D eigenvalue weighted by Crippen LogP contribution is 2.30. The van der Waals surface area contributed by atoms with E-state index in [1.165, 1.54) is 0 Å². The number of fused-ring (bicyclic) bond motifs is 2. The minimum atomic E-state index is -0.145. The quantitative estimate of drug-likeness (QED) is 0.239. The third-order valence-electron chi connectivity index (χ3n) is 6.55. The number of nitrogens with zero attached hydrogens (tertiary/aromatic N) is 2. The minimum absolute atomic E-state index is 0.145. The molecule has 0 bridgehead atoms. The van der Waals surface area contributed by atoms with Crippen molar-refractivity contribution in [3.8, 4) is 11.3 Å². The van der Waals surface area contributed by atoms with Gasteiger partial charge >= 0.3 is 0 Å². The fourth-order valence-electron chi connectivity index (χ4n) is 4.58. The molecule has 0 radical (unpaired) electrons. The monoisotopic (exact) mass is 483 g/mol. The summed E-state index contributed by atoms with van der Waals surface area (Å²) in [4.78, 5) is 25.7. The number of aryl methyl sites for hydroxylation is 2. The van der Waals surface area contributed by atoms with Gasteiger partial charge < -0.3 is 15.6 Å². The molecule has 0 fully saturated rings. The molecule has 6 aromatic rings. The Labute approximate surface area is 214 Å². The summed E-state index contributed by atoms with van der Waals surface area (Å²) in [6.07, 6.45) is 1.94. The molecule has 6 heteroatoms. The van der Waals surface area contributed by atoms with Crippen LogP contribution in [0.4, 0.5) is 17.3 Å². The second-order valence-corrected chi connectivity index (χ2v) is 9.12. The van der Waals surface area contributed by atoms with Gasteiger partial charge in [-0.25, -0.2) is 9.97 Å². The standard InChI is InChI=1S/C31H25N5O/c1-19-6-5-7-20(2)28(19)35-30(37)21-10-13-24(14-11-21)33-31-34-27-9-4-3-8-25(27)29(36-31)23-12-15-26-22(18-23)16-17-32-26/h3-18,32H,1-2H3,(H,35,37)(H,33,34,36). The van der Waals surface area contributed by atoms with E-state index in [0.29, 0.717) is 11.5 Å². The summed E-state index contributed by atoms with van der Waals surface area (Å²) < 4.78 is 0. The molecule has 1 amide bonds. The van der Waals surface area contributed by atoms with E-state index in [4.69, 9.17) is 9.97 Å². The van der Waals surface area contributed by atoms with E-state index in [-0.39, 0.29) is 5.91 Å². The van der Waals surface area contributed by atoms with Gasteiger partial charge in [-0.3, -0.25) is 4.79 Å². The Morgan fingerprint density at radius 1 is 0.811 bits per heavy atom. The fourth-order valence-corrected chi connectivity index (χ4v) is 4.58. The van der Waals surface area contributed by atoms with Gasteiger partial charge in [-0.05, 0) is 73.5 Å². The van der Waals surface area contributed by atoms with Gasteiger partial charge in [0.25, 0.3) is 5.91 Å². The van der Waals surface area contributed by atoms with Crippen LogP contribution >= 0.6 is 0 Å². The smallest absolute Gasteiger partial charge is 0.255 e. The van der Waals surface area contributed by atoms with Crippen molar-refractivity contribution in [2.75, 3.05) is 10.6 Å². The topological polar surface area (TPSA) is 82.7 Å². The lowest BCUT2D eigenvalue weighted by atomic mass is 10.0. The van der Waals surface area contributed by atoms with Crippen molar-refractivity contribution in [3.63, 3.8) is 0 Å². The predicted molar refractivity (Wildman–Crippen MR) is 150 cm³/mol. The number of amides is 1. The van der Waals surface area contributed by atoms with Crippen molar-refractivity contribution in [1.29, 1.82) is 0 Å². The summed E-state index contributed by atoms with van der Waals surface area (Å²) in [6.45, 7) is 3.98. The molecule has 0 aliphatic carbocycles. The SMILES string of the molecule is Cc1cccc(C)c1NC(=O)c1ccc(Nc2nc(-c3ccc4[nH]ccc4c3)c3ccccc3n2)cc1. The molecule has 0 atom stereocenters. The number of H-pyrrole nitrogens is 1. The Kier molecular flexibility index (Phi) is 5.62. The Morgan fingerprint density at radius 3 is 2.41 bits per heavy atom. The molecule has 2 aromatic heterocycles. The highest BCUT2D eigenvalue weighted by atomic mass is 16.1. The van der Waals surface area contributed by atoms with E-state index < -0.39 is 0 Å². The van der Waals surface area contributed by atoms with E-state index >= 15 is 0 Å². The number of anilines is 3. The van der Waals surface area contributed by atoms with Gasteiger partial charge in [0.2, 0.25) is 5.95 Å². The molecule has 4 aromatic carbocycles. The number of benzene rings is 4. The molecule has 0 saturated heterocycles. The first-order chi connectivity index (χ1) is 18.0. The highest BCUT2D eigenvalue weighted by Gasteiger charge is 2.13. The van der Waals surface area contributed by atoms with Crippen LogP contribution in [0.15, 0.2) is 97.2 Å². The molecule has 0 saturated carbocycles. The molecule has 0 aliphatic rings. The molecular formula is C31H25N5O. The number of aromatic amines is 1. The molecule has 3 N–H and O–H groups in total. The number of rotatable bonds is 5. The van der Waals surface area contributed by atoms with Crippen LogP contribution in [0.5, 0.6) is 0 Å². The average molecular weight is 484 g/mol. The summed E-state index contributed by atoms with van der Waals surface area (Å²) in [5, 5.41) is 8.46. The van der Waals surface area contributed by atoms with Crippen LogP contribution in [0.3, 0.4) is 0 Å². The first-order valence-electron chi connectivity index (χ1n) is 12.1. The van der Waals surface area contributed by atoms with Gasteiger partial charge in [-0.15, -0.1) is 0 Å². The number of nitrogens with one attached hydrogen (secondary N) is 3. The summed E-state index contributed by atoms with van der Waals surface area (Å²) in [5.74, 6) is 0.351. The number of aromatic nitrogens is 3. The maximum Gasteiger partial charge on any atom is 0.255 e. The number of hydrogen-bond donors (Lipinski definition) is 3. The molecule has 0 unspecified atom stereocenters. The molecular weight excluding hydrogens is 458 g/mol.